The van der Waals surface area contributed by atoms with Crippen LogP contribution < -0.4 is 15.3 Å². The van der Waals surface area contributed by atoms with Gasteiger partial charge in [0, 0.05) is 28.2 Å². The Morgan fingerprint density at radius 3 is 1.76 bits per heavy atom. The molecule has 0 aromatic heterocycles. The van der Waals surface area contributed by atoms with Crippen molar-refractivity contribution < 1.29 is 23.6 Å². The minimum absolute atomic E-state index is 0.138. The van der Waals surface area contributed by atoms with Gasteiger partial charge in [0.15, 0.2) is 0 Å². The van der Waals surface area contributed by atoms with Gasteiger partial charge in [-0.15, -0.1) is 0 Å². The molecule has 0 aliphatic carbocycles. The fourth-order valence-electron chi connectivity index (χ4n) is 5.49. The monoisotopic (exact) mass is 590 g/mol. The number of hydrogen-bond donors (Lipinski definition) is 0. The number of unbranched alkanes of at least 4 members (excludes halogenated alkanes) is 8. The van der Waals surface area contributed by atoms with Crippen LogP contribution in [0.25, 0.3) is 0 Å². The highest BCUT2D eigenvalue weighted by Gasteiger charge is 2.38. The Bertz CT molecular complexity index is 1290. The molecule has 6 heteroatoms. The summed E-state index contributed by atoms with van der Waals surface area (Å²) in [6.45, 7) is 8.17. The second kappa shape index (κ2) is 17.1. The molecule has 0 unspecified atom stereocenters. The molecule has 226 valence electrons. The van der Waals surface area contributed by atoms with Crippen molar-refractivity contribution in [2.24, 2.45) is 0 Å². The van der Waals surface area contributed by atoms with Gasteiger partial charge in [-0.25, -0.2) is 0 Å². The van der Waals surface area contributed by atoms with Crippen molar-refractivity contribution in [3.63, 3.8) is 0 Å². The predicted molar refractivity (Wildman–Crippen MR) is 173 cm³/mol. The molecule has 3 rings (SSSR count). The summed E-state index contributed by atoms with van der Waals surface area (Å²) in [4.78, 5) is 26.4. The Morgan fingerprint density at radius 1 is 0.690 bits per heavy atom. The fraction of sp³-hybridized carbons (Fsp3) is 0.444. The van der Waals surface area contributed by atoms with Crippen molar-refractivity contribution in [3.05, 3.63) is 89.0 Å². The van der Waals surface area contributed by atoms with Crippen molar-refractivity contribution >= 4 is 29.2 Å². The van der Waals surface area contributed by atoms with Crippen molar-refractivity contribution in [3.8, 4) is 5.75 Å². The molecule has 0 bridgehead atoms. The molecular weight excluding hydrogens is 543 g/mol. The van der Waals surface area contributed by atoms with Crippen molar-refractivity contribution in [2.45, 2.75) is 91.9 Å². The van der Waals surface area contributed by atoms with Crippen LogP contribution in [0.4, 0.5) is 0 Å². The maximum atomic E-state index is 14.7. The van der Waals surface area contributed by atoms with Crippen LogP contribution in [0.5, 0.6) is 5.75 Å². The fourth-order valence-corrected chi connectivity index (χ4v) is 8.10. The summed E-state index contributed by atoms with van der Waals surface area (Å²) in [6, 6.07) is 19.8. The van der Waals surface area contributed by atoms with E-state index in [-0.39, 0.29) is 19.2 Å². The third-order valence-electron chi connectivity index (χ3n) is 7.72. The second-order valence-electron chi connectivity index (χ2n) is 11.1. The van der Waals surface area contributed by atoms with Crippen LogP contribution in [0.2, 0.25) is 0 Å². The molecule has 0 fully saturated rings. The molecule has 0 N–H and O–H groups in total. The first-order chi connectivity index (χ1) is 20.3. The Morgan fingerprint density at radius 2 is 1.21 bits per heavy atom. The Kier molecular flexibility index (Phi) is 13.5. The molecule has 0 radical (unpaired) electrons. The molecule has 0 spiro atoms. The summed E-state index contributed by atoms with van der Waals surface area (Å²) < 4.78 is 26.2. The van der Waals surface area contributed by atoms with Gasteiger partial charge in [0.25, 0.3) is 0 Å². The molecule has 42 heavy (non-hydrogen) atoms. The number of benzene rings is 3. The zero-order valence-corrected chi connectivity index (χ0v) is 26.7. The van der Waals surface area contributed by atoms with Crippen molar-refractivity contribution in [1.82, 2.24) is 0 Å². The summed E-state index contributed by atoms with van der Waals surface area (Å²) in [5.74, 6) is 0.355. The molecule has 0 saturated carbocycles. The highest BCUT2D eigenvalue weighted by Crippen LogP contribution is 2.49. The molecule has 5 nitrogen and oxygen atoms in total. The van der Waals surface area contributed by atoms with Gasteiger partial charge in [-0.3, -0.25) is 9.59 Å². The predicted octanol–water partition coefficient (Wildman–Crippen LogP) is 8.61. The van der Waals surface area contributed by atoms with E-state index in [0.29, 0.717) is 33.9 Å². The molecule has 3 aromatic carbocycles. The number of esters is 1. The molecule has 3 aromatic rings. The number of rotatable bonds is 18. The molecular formula is C36H47O5P. The van der Waals surface area contributed by atoms with Gasteiger partial charge in [-0.05, 0) is 38.3 Å². The van der Waals surface area contributed by atoms with Crippen LogP contribution >= 0.6 is 7.14 Å². The Balaban J connectivity index is 1.61. The van der Waals surface area contributed by atoms with E-state index >= 15 is 0 Å². The van der Waals surface area contributed by atoms with Crippen LogP contribution in [0.15, 0.2) is 66.7 Å². The average Bonchev–Trinajstić information content (AvgIpc) is 3.00. The van der Waals surface area contributed by atoms with Crippen molar-refractivity contribution in [2.75, 3.05) is 13.2 Å². The van der Waals surface area contributed by atoms with Crippen LogP contribution in [-0.4, -0.2) is 24.7 Å². The number of carbonyl (C=O) groups excluding carboxylic acids is 2. The van der Waals surface area contributed by atoms with E-state index in [9.17, 15) is 14.2 Å². The van der Waals surface area contributed by atoms with Gasteiger partial charge in [0.2, 0.25) is 12.7 Å². The largest absolute Gasteiger partial charge is 0.489 e. The first-order valence-electron chi connectivity index (χ1n) is 15.5. The van der Waals surface area contributed by atoms with E-state index in [2.05, 4.69) is 6.92 Å². The lowest BCUT2D eigenvalue weighted by molar-refractivity contribution is -0.144. The Hall–Kier alpha value is -3.17. The summed E-state index contributed by atoms with van der Waals surface area (Å²) in [7, 11) is -3.66. The van der Waals surface area contributed by atoms with E-state index in [1.165, 1.54) is 38.5 Å². The lowest BCUT2D eigenvalue weighted by Crippen LogP contribution is -2.24. The van der Waals surface area contributed by atoms with Gasteiger partial charge in [-0.1, -0.05) is 125 Å². The normalized spacial score (nSPS) is 11.3. The van der Waals surface area contributed by atoms with Gasteiger partial charge in [0.1, 0.15) is 19.0 Å². The zero-order valence-electron chi connectivity index (χ0n) is 25.8. The molecule has 0 atom stereocenters. The standard InChI is InChI=1S/C36H47O5P/c1-5-6-7-8-9-10-11-12-19-24-33(37)40-25-26-41-35-29(3)27-28(2)34(30(35)4)36(38)42(39,31-20-15-13-16-21-31)32-22-17-14-18-23-32/h13-18,20-23,27H,5-12,19,24-26H2,1-4H3. The van der Waals surface area contributed by atoms with Crippen LogP contribution in [-0.2, 0) is 14.1 Å². The number of hydrogen-bond acceptors (Lipinski definition) is 5. The number of aryl methyl sites for hydroxylation is 2. The lowest BCUT2D eigenvalue weighted by atomic mass is 9.99. The van der Waals surface area contributed by atoms with E-state index < -0.39 is 12.7 Å². The SMILES string of the molecule is CCCCCCCCCCCC(=O)OCCOc1c(C)cc(C)c(C(=O)P(=O)(c2ccccc2)c2ccccc2)c1C. The third-order valence-corrected chi connectivity index (χ3v) is 10.6. The lowest BCUT2D eigenvalue weighted by Gasteiger charge is -2.22. The molecule has 0 aliphatic heterocycles. The first-order valence-corrected chi connectivity index (χ1v) is 17.2. The summed E-state index contributed by atoms with van der Waals surface area (Å²) in [5, 5.41) is 1.00. The van der Waals surface area contributed by atoms with Crippen molar-refractivity contribution in [1.29, 1.82) is 0 Å². The van der Waals surface area contributed by atoms with Crippen LogP contribution in [0, 0.1) is 20.8 Å². The topological polar surface area (TPSA) is 69.7 Å². The maximum Gasteiger partial charge on any atom is 0.305 e. The number of ether oxygens (including phenoxy) is 2. The smallest absolute Gasteiger partial charge is 0.305 e. The Labute approximate surface area is 252 Å². The highest BCUT2D eigenvalue weighted by molar-refractivity contribution is 7.93. The molecule has 0 amide bonds. The molecule has 0 heterocycles. The van der Waals surface area contributed by atoms with Gasteiger partial charge < -0.3 is 14.0 Å². The summed E-state index contributed by atoms with van der Waals surface area (Å²) in [5.41, 5.74) is 2.27. The van der Waals surface area contributed by atoms with Gasteiger partial charge >= 0.3 is 5.97 Å². The second-order valence-corrected chi connectivity index (χ2v) is 13.7. The van der Waals surface area contributed by atoms with E-state index in [1.807, 2.05) is 39.0 Å². The minimum Gasteiger partial charge on any atom is -0.489 e. The summed E-state index contributed by atoms with van der Waals surface area (Å²) >= 11 is 0. The van der Waals surface area contributed by atoms with E-state index in [4.69, 9.17) is 9.47 Å². The van der Waals surface area contributed by atoms with E-state index in [1.54, 1.807) is 48.5 Å². The highest BCUT2D eigenvalue weighted by atomic mass is 31.2. The average molecular weight is 591 g/mol. The zero-order chi connectivity index (χ0) is 30.4. The quantitative estimate of drug-likeness (QED) is 0.0843. The third kappa shape index (κ3) is 8.91. The summed E-state index contributed by atoms with van der Waals surface area (Å²) in [6.07, 6.45) is 11.2. The van der Waals surface area contributed by atoms with Gasteiger partial charge in [-0.2, -0.15) is 0 Å². The minimum atomic E-state index is -3.66. The molecule has 0 saturated heterocycles. The maximum absolute atomic E-state index is 14.7. The van der Waals surface area contributed by atoms with E-state index in [0.717, 1.165) is 30.4 Å². The molecule has 0 aliphatic rings. The number of carbonyl (C=O) groups is 2. The van der Waals surface area contributed by atoms with Crippen LogP contribution in [0.1, 0.15) is 98.2 Å². The first kappa shape index (κ1) is 33.3. The van der Waals surface area contributed by atoms with Gasteiger partial charge in [0.05, 0.1) is 0 Å². The van der Waals surface area contributed by atoms with Crippen LogP contribution in [0.3, 0.4) is 0 Å².